The molecular formula is C22H20ClN3O7S. The van der Waals surface area contributed by atoms with Gasteiger partial charge in [-0.25, -0.2) is 18.0 Å². The Balaban J connectivity index is 1.93. The van der Waals surface area contributed by atoms with Crippen LogP contribution in [0.3, 0.4) is 0 Å². The van der Waals surface area contributed by atoms with Crippen LogP contribution < -0.4 is 10.6 Å². The van der Waals surface area contributed by atoms with E-state index in [1.165, 1.54) is 18.3 Å². The van der Waals surface area contributed by atoms with Crippen LogP contribution in [0.1, 0.15) is 20.7 Å². The number of aromatic carboxylic acids is 1. The molecule has 1 saturated heterocycles. The van der Waals surface area contributed by atoms with Crippen LogP contribution in [-0.4, -0.2) is 62.7 Å². The number of morpholine rings is 1. The molecule has 1 fully saturated rings. The van der Waals surface area contributed by atoms with E-state index >= 15 is 0 Å². The van der Waals surface area contributed by atoms with Crippen molar-refractivity contribution in [2.75, 3.05) is 32.1 Å². The number of carboxylic acids is 1. The van der Waals surface area contributed by atoms with Crippen LogP contribution in [0.25, 0.3) is 10.9 Å². The smallest absolute Gasteiger partial charge is 0.339 e. The third-order valence-corrected chi connectivity index (χ3v) is 7.43. The van der Waals surface area contributed by atoms with E-state index in [-0.39, 0.29) is 40.5 Å². The highest BCUT2D eigenvalue weighted by molar-refractivity contribution is 7.92. The third-order valence-electron chi connectivity index (χ3n) is 5.27. The van der Waals surface area contributed by atoms with Gasteiger partial charge >= 0.3 is 11.9 Å². The number of anilines is 2. The number of ether oxygens (including phenoxy) is 2. The van der Waals surface area contributed by atoms with E-state index in [0.717, 1.165) is 13.2 Å². The number of pyridine rings is 1. The Labute approximate surface area is 199 Å². The number of carbonyl (C=O) groups is 2. The number of carbonyl (C=O) groups excluding carboxylic acids is 1. The lowest BCUT2D eigenvalue weighted by Crippen LogP contribution is -2.43. The second kappa shape index (κ2) is 9.55. The van der Waals surface area contributed by atoms with Gasteiger partial charge in [-0.3, -0.25) is 4.98 Å². The average Bonchev–Trinajstić information content (AvgIpc) is 2.84. The summed E-state index contributed by atoms with van der Waals surface area (Å²) in [6.45, 7) is 0.847. The van der Waals surface area contributed by atoms with Crippen molar-refractivity contribution in [3.63, 3.8) is 0 Å². The quantitative estimate of drug-likeness (QED) is 0.427. The Morgan fingerprint density at radius 1 is 1.26 bits per heavy atom. The molecule has 0 aliphatic carbocycles. The van der Waals surface area contributed by atoms with Gasteiger partial charge in [-0.15, -0.1) is 0 Å². The highest BCUT2D eigenvalue weighted by Crippen LogP contribution is 2.36. The maximum atomic E-state index is 13.5. The predicted molar refractivity (Wildman–Crippen MR) is 125 cm³/mol. The summed E-state index contributed by atoms with van der Waals surface area (Å²) in [6, 6.07) is 8.60. The number of halogens is 1. The summed E-state index contributed by atoms with van der Waals surface area (Å²) >= 11 is 6.19. The number of rotatable bonds is 6. The fourth-order valence-corrected chi connectivity index (χ4v) is 5.29. The molecule has 3 aromatic rings. The van der Waals surface area contributed by atoms with Crippen molar-refractivity contribution in [2.24, 2.45) is 0 Å². The number of nitrogens with one attached hydrogen (secondary N) is 2. The molecule has 4 rings (SSSR count). The molecule has 12 heteroatoms. The summed E-state index contributed by atoms with van der Waals surface area (Å²) in [7, 11) is -2.88. The molecule has 2 aromatic carbocycles. The number of methoxy groups -OCH3 is 1. The molecule has 1 aromatic heterocycles. The number of esters is 1. The van der Waals surface area contributed by atoms with Crippen molar-refractivity contribution in [2.45, 2.75) is 10.3 Å². The lowest BCUT2D eigenvalue weighted by molar-refractivity contribution is 0.0602. The number of fused-ring (bicyclic) bond motifs is 1. The number of aromatic nitrogens is 1. The second-order valence-electron chi connectivity index (χ2n) is 7.39. The van der Waals surface area contributed by atoms with E-state index in [1.807, 2.05) is 0 Å². The van der Waals surface area contributed by atoms with Gasteiger partial charge in [-0.1, -0.05) is 11.6 Å². The highest BCUT2D eigenvalue weighted by atomic mass is 35.5. The number of sulfone groups is 1. The predicted octanol–water partition coefficient (Wildman–Crippen LogP) is 2.84. The van der Waals surface area contributed by atoms with Crippen molar-refractivity contribution in [3.8, 4) is 0 Å². The van der Waals surface area contributed by atoms with Crippen molar-refractivity contribution in [1.82, 2.24) is 10.3 Å². The molecule has 1 aliphatic heterocycles. The Hall–Kier alpha value is -3.25. The average molecular weight is 506 g/mol. The summed E-state index contributed by atoms with van der Waals surface area (Å²) in [5.41, 5.74) is -0.653. The van der Waals surface area contributed by atoms with Gasteiger partial charge in [0.15, 0.2) is 5.44 Å². The molecule has 0 bridgehead atoms. The zero-order valence-corrected chi connectivity index (χ0v) is 19.4. The summed E-state index contributed by atoms with van der Waals surface area (Å²) < 4.78 is 37.3. The van der Waals surface area contributed by atoms with Crippen molar-refractivity contribution < 1.29 is 32.6 Å². The van der Waals surface area contributed by atoms with Crippen LogP contribution in [0.2, 0.25) is 5.02 Å². The molecule has 1 aliphatic rings. The van der Waals surface area contributed by atoms with Crippen molar-refractivity contribution in [3.05, 3.63) is 58.7 Å². The zero-order chi connectivity index (χ0) is 24.5. The number of hydrogen-bond donors (Lipinski definition) is 3. The number of carboxylic acid groups (broad SMARTS) is 1. The molecule has 3 N–H and O–H groups in total. The van der Waals surface area contributed by atoms with Gasteiger partial charge in [0.2, 0.25) is 9.84 Å². The Morgan fingerprint density at radius 3 is 2.74 bits per heavy atom. The van der Waals surface area contributed by atoms with E-state index in [9.17, 15) is 23.1 Å². The van der Waals surface area contributed by atoms with Gasteiger partial charge in [0.1, 0.15) is 4.90 Å². The summed E-state index contributed by atoms with van der Waals surface area (Å²) in [5, 5.41) is 16.0. The summed E-state index contributed by atoms with van der Waals surface area (Å²) in [4.78, 5) is 27.9. The van der Waals surface area contributed by atoms with E-state index in [4.69, 9.17) is 21.1 Å². The molecule has 10 nitrogen and oxygen atoms in total. The maximum absolute atomic E-state index is 13.5. The summed E-state index contributed by atoms with van der Waals surface area (Å²) in [5.74, 6) is -2.03. The minimum absolute atomic E-state index is 0.0895. The molecule has 178 valence electrons. The third kappa shape index (κ3) is 4.55. The molecule has 0 spiro atoms. The molecule has 0 saturated carbocycles. The molecule has 1 atom stereocenters. The molecule has 2 heterocycles. The monoisotopic (exact) mass is 505 g/mol. The van der Waals surface area contributed by atoms with Crippen LogP contribution in [0.15, 0.2) is 47.5 Å². The van der Waals surface area contributed by atoms with E-state index in [2.05, 4.69) is 15.6 Å². The first-order valence-corrected chi connectivity index (χ1v) is 12.0. The number of benzene rings is 2. The van der Waals surface area contributed by atoms with Gasteiger partial charge in [0.25, 0.3) is 0 Å². The number of hydrogen-bond acceptors (Lipinski definition) is 9. The molecule has 0 amide bonds. The van der Waals surface area contributed by atoms with Crippen molar-refractivity contribution >= 4 is 55.7 Å². The van der Waals surface area contributed by atoms with Crippen LogP contribution in [0.4, 0.5) is 11.4 Å². The zero-order valence-electron chi connectivity index (χ0n) is 17.9. The lowest BCUT2D eigenvalue weighted by atomic mass is 10.1. The van der Waals surface area contributed by atoms with E-state index < -0.39 is 27.2 Å². The fraction of sp³-hybridized carbons (Fsp3) is 0.227. The molecule has 0 radical (unpaired) electrons. The van der Waals surface area contributed by atoms with Gasteiger partial charge in [0.05, 0.1) is 41.7 Å². The first kappa shape index (κ1) is 23.9. The number of nitrogens with zero attached hydrogens (tertiary/aromatic N) is 1. The van der Waals surface area contributed by atoms with Gasteiger partial charge in [-0.05, 0) is 36.4 Å². The first-order chi connectivity index (χ1) is 16.2. The van der Waals surface area contributed by atoms with Crippen LogP contribution in [0, 0.1) is 0 Å². The van der Waals surface area contributed by atoms with E-state index in [1.54, 1.807) is 18.2 Å². The van der Waals surface area contributed by atoms with Crippen molar-refractivity contribution in [1.29, 1.82) is 0 Å². The molecule has 1 unspecified atom stereocenters. The maximum Gasteiger partial charge on any atom is 0.339 e. The molecular weight excluding hydrogens is 486 g/mol. The first-order valence-electron chi connectivity index (χ1n) is 10.1. The van der Waals surface area contributed by atoms with Gasteiger partial charge < -0.3 is 25.2 Å². The second-order valence-corrected chi connectivity index (χ2v) is 9.88. The fourth-order valence-electron chi connectivity index (χ4n) is 3.57. The Bertz CT molecular complexity index is 1390. The lowest BCUT2D eigenvalue weighted by Gasteiger charge is -2.25. The summed E-state index contributed by atoms with van der Waals surface area (Å²) in [6.07, 6.45) is 1.22. The van der Waals surface area contributed by atoms with Crippen LogP contribution in [0.5, 0.6) is 0 Å². The highest BCUT2D eigenvalue weighted by Gasteiger charge is 2.33. The minimum atomic E-state index is -4.04. The van der Waals surface area contributed by atoms with E-state index in [0.29, 0.717) is 22.5 Å². The van der Waals surface area contributed by atoms with Crippen LogP contribution >= 0.6 is 11.6 Å². The Kier molecular flexibility index (Phi) is 6.71. The standard InChI is InChI=1S/C22H20ClN3O7S/c1-32-22(29)15-8-12(21(27)28)2-4-17(15)26-20-14-9-13(23)3-5-16(14)25-10-18(20)34(30,31)19-11-24-6-7-33-19/h2-5,8-10,19,24H,6-7,11H2,1H3,(H,25,26)(H,27,28). The van der Waals surface area contributed by atoms with Crippen LogP contribution in [-0.2, 0) is 19.3 Å². The largest absolute Gasteiger partial charge is 0.478 e. The molecule has 34 heavy (non-hydrogen) atoms. The van der Waals surface area contributed by atoms with Gasteiger partial charge in [0, 0.05) is 29.7 Å². The van der Waals surface area contributed by atoms with Gasteiger partial charge in [-0.2, -0.15) is 0 Å². The normalized spacial score (nSPS) is 16.2. The minimum Gasteiger partial charge on any atom is -0.478 e. The Morgan fingerprint density at radius 2 is 2.06 bits per heavy atom. The topological polar surface area (TPSA) is 144 Å². The SMILES string of the molecule is COC(=O)c1cc(C(=O)O)ccc1Nc1c(S(=O)(=O)C2CNCCO2)cnc2ccc(Cl)cc12.